The Bertz CT molecular complexity index is 1730. The third kappa shape index (κ3) is 28.3. The van der Waals surface area contributed by atoms with E-state index in [2.05, 4.69) is 106 Å². The molecule has 3 heteroatoms. The predicted molar refractivity (Wildman–Crippen MR) is 316 cm³/mol. The molecule has 71 heavy (non-hydrogen) atoms. The summed E-state index contributed by atoms with van der Waals surface area (Å²) >= 11 is 1.82. The minimum absolute atomic E-state index is 0.956. The van der Waals surface area contributed by atoms with Gasteiger partial charge in [0.25, 0.3) is 0 Å². The fourth-order valence-corrected chi connectivity index (χ4v) is 11.2. The maximum absolute atomic E-state index is 12.4. The van der Waals surface area contributed by atoms with Crippen molar-refractivity contribution < 1.29 is 19.1 Å². The van der Waals surface area contributed by atoms with Crippen molar-refractivity contribution >= 4 is 11.4 Å². The Morgan fingerprint density at radius 1 is 0.380 bits per heavy atom. The second kappa shape index (κ2) is 43.0. The van der Waals surface area contributed by atoms with Crippen LogP contribution in [0.1, 0.15) is 316 Å². The summed E-state index contributed by atoms with van der Waals surface area (Å²) in [5.41, 5.74) is 27.0. The van der Waals surface area contributed by atoms with Crippen molar-refractivity contribution in [3.63, 3.8) is 0 Å². The molecule has 1 aliphatic rings. The molecular formula is C68H116N2Ni. The summed E-state index contributed by atoms with van der Waals surface area (Å²) in [6, 6.07) is 9.22. The molecular weight excluding hydrogens is 903 g/mol. The number of hydrogen-bond donors (Lipinski definition) is 0. The number of hydrogen-bond acceptors (Lipinski definition) is 0. The molecule has 0 aromatic heterocycles. The molecule has 3 rings (SSSR count). The van der Waals surface area contributed by atoms with Crippen molar-refractivity contribution in [2.45, 2.75) is 324 Å². The Labute approximate surface area is 449 Å². The number of unbranched alkanes of at least 4 members (excludes halogenated alkanes) is 35. The molecule has 0 amide bonds. The van der Waals surface area contributed by atoms with Gasteiger partial charge in [-0.2, -0.15) is 0 Å². The third-order valence-corrected chi connectivity index (χ3v) is 16.8. The number of allylic oxidation sites excluding steroid dienone is 4. The Balaban J connectivity index is 0.00000328. The third-order valence-electron chi connectivity index (χ3n) is 15.8. The van der Waals surface area contributed by atoms with E-state index in [-0.39, 0.29) is 0 Å². The summed E-state index contributed by atoms with van der Waals surface area (Å²) < 4.78 is 1.58. The predicted octanol–water partition coefficient (Wildman–Crippen LogP) is 24.1. The van der Waals surface area contributed by atoms with E-state index in [4.69, 9.17) is 0 Å². The Hall–Kier alpha value is -2.25. The quantitative estimate of drug-likeness (QED) is 0.0359. The van der Waals surface area contributed by atoms with Crippen LogP contribution in [0, 0.1) is 41.5 Å². The van der Waals surface area contributed by atoms with Crippen molar-refractivity contribution in [3.8, 4) is 0 Å². The van der Waals surface area contributed by atoms with Crippen LogP contribution in [0.25, 0.3) is 16.9 Å². The molecule has 408 valence electrons. The number of benzene rings is 2. The minimum atomic E-state index is 0.956. The SMILES string of the molecule is CCCCCCCCCCCCCCCC=CC1=C(c2cc(C)c(C)c(C)c2)[N+](=[N-])C(c2cc(C)c(C)c(C)c2)=C1CCCCCCCCCCCCCCCCCCCCCCCCC.C[CH2][Ni][CH2]C. The van der Waals surface area contributed by atoms with Crippen molar-refractivity contribution in [3.05, 3.63) is 97.6 Å². The van der Waals surface area contributed by atoms with E-state index in [0.29, 0.717) is 0 Å². The van der Waals surface area contributed by atoms with E-state index in [1.165, 1.54) is 280 Å². The standard InChI is InChI=1S/C64H106N2.2C2H5.Ni/c1-9-11-13-15-17-19-21-23-25-26-27-28-29-30-31-32-34-36-38-40-42-44-46-48-62-61(47-45-43-41-39-37-35-33-24-22-20-18-16-14-12-10-2)63(59-49-53(3)57(7)54(4)50-59)66(65)64(62)60-51-55(5)58(8)56(6)52-60;2*1-2;/h45,47,49-52H,9-44,46,48H2,1-8H3;2*1H2,2H3;. The van der Waals surface area contributed by atoms with Gasteiger partial charge in [0.1, 0.15) is 0 Å². The van der Waals surface area contributed by atoms with Crippen molar-refractivity contribution in [1.82, 2.24) is 0 Å². The van der Waals surface area contributed by atoms with Gasteiger partial charge in [0, 0.05) is 16.7 Å². The van der Waals surface area contributed by atoms with Crippen molar-refractivity contribution in [1.29, 1.82) is 0 Å². The molecule has 0 radical (unpaired) electrons. The van der Waals surface area contributed by atoms with Gasteiger partial charge >= 0.3 is 39.1 Å². The fraction of sp³-hybridized carbons (Fsp3) is 0.735. The van der Waals surface area contributed by atoms with E-state index in [0.717, 1.165) is 41.8 Å². The van der Waals surface area contributed by atoms with Gasteiger partial charge in [0.15, 0.2) is 0 Å². The Kier molecular flexibility index (Phi) is 39.3. The molecule has 2 aromatic carbocycles. The fourth-order valence-electron chi connectivity index (χ4n) is 10.7. The molecule has 0 N–H and O–H groups in total. The van der Waals surface area contributed by atoms with Crippen LogP contribution in [-0.2, 0) is 14.4 Å². The van der Waals surface area contributed by atoms with E-state index in [1.54, 1.807) is 4.70 Å². The van der Waals surface area contributed by atoms with E-state index < -0.39 is 0 Å². The molecule has 0 saturated heterocycles. The summed E-state index contributed by atoms with van der Waals surface area (Å²) in [5.74, 6) is 0. The normalized spacial score (nSPS) is 12.9. The van der Waals surface area contributed by atoms with E-state index >= 15 is 0 Å². The van der Waals surface area contributed by atoms with Crippen LogP contribution in [0.15, 0.2) is 47.6 Å². The first kappa shape index (κ1) is 64.9. The zero-order chi connectivity index (χ0) is 51.7. The van der Waals surface area contributed by atoms with Gasteiger partial charge in [0.05, 0.1) is 5.57 Å². The van der Waals surface area contributed by atoms with Gasteiger partial charge in [-0.15, -0.1) is 0 Å². The van der Waals surface area contributed by atoms with Crippen molar-refractivity contribution in [2.24, 2.45) is 0 Å². The van der Waals surface area contributed by atoms with Crippen LogP contribution in [0.2, 0.25) is 10.8 Å². The number of aryl methyl sites for hydroxylation is 4. The van der Waals surface area contributed by atoms with Crippen LogP contribution in [-0.4, -0.2) is 4.70 Å². The molecule has 2 nitrogen and oxygen atoms in total. The molecule has 1 aliphatic heterocycles. The van der Waals surface area contributed by atoms with Gasteiger partial charge in [-0.3, -0.25) is 0 Å². The average molecular weight is 1020 g/mol. The molecule has 2 aromatic rings. The van der Waals surface area contributed by atoms with Crippen LogP contribution in [0.5, 0.6) is 0 Å². The zero-order valence-electron chi connectivity index (χ0n) is 49.0. The molecule has 0 bridgehead atoms. The second-order valence-electron chi connectivity index (χ2n) is 21.9. The monoisotopic (exact) mass is 1020 g/mol. The topological polar surface area (TPSA) is 25.3 Å². The Morgan fingerprint density at radius 3 is 0.958 bits per heavy atom. The molecule has 0 atom stereocenters. The molecule has 1 heterocycles. The first-order chi connectivity index (χ1) is 34.6. The van der Waals surface area contributed by atoms with E-state index in [9.17, 15) is 5.53 Å². The summed E-state index contributed by atoms with van der Waals surface area (Å²) in [6.45, 7) is 22.3. The Morgan fingerprint density at radius 2 is 0.662 bits per heavy atom. The van der Waals surface area contributed by atoms with Crippen LogP contribution < -0.4 is 0 Å². The summed E-state index contributed by atoms with van der Waals surface area (Å²) in [7, 11) is 0. The summed E-state index contributed by atoms with van der Waals surface area (Å²) in [4.78, 5) is 0. The van der Waals surface area contributed by atoms with E-state index in [1.807, 2.05) is 14.4 Å². The van der Waals surface area contributed by atoms with Crippen molar-refractivity contribution in [2.75, 3.05) is 0 Å². The zero-order valence-corrected chi connectivity index (χ0v) is 49.9. The molecule has 0 fully saturated rings. The van der Waals surface area contributed by atoms with Gasteiger partial charge in [0.2, 0.25) is 11.4 Å². The molecule has 0 aliphatic carbocycles. The average Bonchev–Trinajstić information content (AvgIpc) is 3.63. The molecule has 0 unspecified atom stereocenters. The first-order valence-corrected chi connectivity index (χ1v) is 32.3. The van der Waals surface area contributed by atoms with Crippen LogP contribution in [0.3, 0.4) is 0 Å². The molecule has 0 saturated carbocycles. The van der Waals surface area contributed by atoms with Crippen LogP contribution in [0.4, 0.5) is 0 Å². The number of nitrogens with zero attached hydrogens (tertiary/aromatic N) is 2. The van der Waals surface area contributed by atoms with Gasteiger partial charge in [-0.1, -0.05) is 244 Å². The van der Waals surface area contributed by atoms with Gasteiger partial charge in [-0.05, 0) is 125 Å². The second-order valence-corrected chi connectivity index (χ2v) is 23.8. The molecule has 0 spiro atoms. The summed E-state index contributed by atoms with van der Waals surface area (Å²) in [5, 5.41) is 2.56. The van der Waals surface area contributed by atoms with Crippen LogP contribution >= 0.6 is 0 Å². The van der Waals surface area contributed by atoms with Gasteiger partial charge < -0.3 is 5.53 Å². The maximum atomic E-state index is 12.4. The van der Waals surface area contributed by atoms with Gasteiger partial charge in [-0.25, -0.2) is 4.70 Å². The first-order valence-electron chi connectivity index (χ1n) is 30.9. The number of rotatable bonds is 43. The summed E-state index contributed by atoms with van der Waals surface area (Å²) in [6.07, 6.45) is 57.3.